The van der Waals surface area contributed by atoms with Gasteiger partial charge in [0.1, 0.15) is 5.75 Å². The fourth-order valence-electron chi connectivity index (χ4n) is 3.19. The first-order chi connectivity index (χ1) is 15.3. The number of nitrogens with zero attached hydrogens (tertiary/aromatic N) is 1. The molecule has 0 spiro atoms. The van der Waals surface area contributed by atoms with Gasteiger partial charge in [-0.15, -0.1) is 0 Å². The molecule has 1 amide bonds. The Kier molecular flexibility index (Phi) is 5.81. The lowest BCUT2D eigenvalue weighted by molar-refractivity contribution is -0.137. The van der Waals surface area contributed by atoms with Gasteiger partial charge in [0.15, 0.2) is 11.5 Å². The second kappa shape index (κ2) is 8.70. The van der Waals surface area contributed by atoms with Crippen molar-refractivity contribution in [1.82, 2.24) is 9.97 Å². The minimum absolute atomic E-state index is 0.252. The summed E-state index contributed by atoms with van der Waals surface area (Å²) in [5, 5.41) is 3.38. The molecule has 164 valence electrons. The van der Waals surface area contributed by atoms with Gasteiger partial charge >= 0.3 is 6.18 Å². The van der Waals surface area contributed by atoms with Crippen molar-refractivity contribution in [3.05, 3.63) is 89.6 Å². The number of nitrogens with one attached hydrogen (secondary N) is 2. The highest BCUT2D eigenvalue weighted by atomic mass is 19.4. The number of carbonyl (C=O) groups excluding carboxylic acids is 1. The van der Waals surface area contributed by atoms with E-state index in [0.717, 1.165) is 34.7 Å². The minimum atomic E-state index is -4.39. The third kappa shape index (κ3) is 4.72. The van der Waals surface area contributed by atoms with Gasteiger partial charge in [-0.05, 0) is 54.1 Å². The molecular weight excluding hydrogens is 426 g/mol. The summed E-state index contributed by atoms with van der Waals surface area (Å²) in [4.78, 5) is 19.2. The van der Waals surface area contributed by atoms with E-state index in [1.165, 1.54) is 24.4 Å². The fraction of sp³-hybridized carbons (Fsp3) is 0.130. The van der Waals surface area contributed by atoms with Gasteiger partial charge in [0.05, 0.1) is 17.9 Å². The maximum atomic E-state index is 13.8. The van der Waals surface area contributed by atoms with Crippen LogP contribution in [0.5, 0.6) is 5.75 Å². The molecule has 0 radical (unpaired) electrons. The van der Waals surface area contributed by atoms with E-state index in [-0.39, 0.29) is 12.3 Å². The van der Waals surface area contributed by atoms with Crippen LogP contribution in [0.2, 0.25) is 0 Å². The zero-order chi connectivity index (χ0) is 22.7. The highest BCUT2D eigenvalue weighted by Gasteiger charge is 2.30. The van der Waals surface area contributed by atoms with Gasteiger partial charge in [-0.3, -0.25) is 4.79 Å². The summed E-state index contributed by atoms with van der Waals surface area (Å²) in [5.74, 6) is -1.04. The lowest BCUT2D eigenvalue weighted by Crippen LogP contribution is -2.15. The van der Waals surface area contributed by atoms with E-state index in [2.05, 4.69) is 15.3 Å². The molecule has 2 heterocycles. The highest BCUT2D eigenvalue weighted by Crippen LogP contribution is 2.30. The molecule has 0 atom stereocenters. The van der Waals surface area contributed by atoms with Gasteiger partial charge in [-0.1, -0.05) is 6.07 Å². The lowest BCUT2D eigenvalue weighted by atomic mass is 10.1. The van der Waals surface area contributed by atoms with Crippen LogP contribution in [0.25, 0.3) is 10.9 Å². The first-order valence-corrected chi connectivity index (χ1v) is 9.63. The fourth-order valence-corrected chi connectivity index (χ4v) is 3.19. The summed E-state index contributed by atoms with van der Waals surface area (Å²) in [6.07, 6.45) is -0.960. The predicted molar refractivity (Wildman–Crippen MR) is 111 cm³/mol. The molecule has 0 saturated heterocycles. The maximum absolute atomic E-state index is 13.8. The second-order valence-electron chi connectivity index (χ2n) is 6.99. The van der Waals surface area contributed by atoms with Crippen molar-refractivity contribution in [3.8, 4) is 5.75 Å². The van der Waals surface area contributed by atoms with E-state index >= 15 is 0 Å². The molecule has 0 unspecified atom stereocenters. The number of carbonyl (C=O) groups is 1. The van der Waals surface area contributed by atoms with Crippen molar-refractivity contribution < 1.29 is 27.1 Å². The Labute approximate surface area is 180 Å². The molecule has 4 aromatic rings. The number of ether oxygens (including phenoxy) is 1. The van der Waals surface area contributed by atoms with Crippen molar-refractivity contribution >= 4 is 22.5 Å². The van der Waals surface area contributed by atoms with Crippen LogP contribution in [0.1, 0.15) is 21.6 Å². The first kappa shape index (κ1) is 21.4. The Morgan fingerprint density at radius 3 is 2.59 bits per heavy atom. The van der Waals surface area contributed by atoms with Crippen molar-refractivity contribution in [2.24, 2.45) is 0 Å². The Morgan fingerprint density at radius 2 is 1.88 bits per heavy atom. The molecule has 4 rings (SSSR count). The molecule has 2 aromatic heterocycles. The number of halogens is 4. The SMILES string of the molecule is O=C(Nc1c[nH]c2ccc(CCOc3ccc(C(F)(F)F)cc3)cc12)c1ncccc1F. The van der Waals surface area contributed by atoms with E-state index in [4.69, 9.17) is 4.74 Å². The molecule has 0 bridgehead atoms. The number of pyridine rings is 1. The number of aromatic amines is 1. The largest absolute Gasteiger partial charge is 0.493 e. The van der Waals surface area contributed by atoms with Crippen LogP contribution in [0, 0.1) is 5.82 Å². The second-order valence-corrected chi connectivity index (χ2v) is 6.99. The molecule has 2 N–H and O–H groups in total. The van der Waals surface area contributed by atoms with E-state index < -0.39 is 23.5 Å². The zero-order valence-electron chi connectivity index (χ0n) is 16.5. The number of fused-ring (bicyclic) bond motifs is 1. The van der Waals surface area contributed by atoms with Gasteiger partial charge in [-0.2, -0.15) is 13.2 Å². The average molecular weight is 443 g/mol. The van der Waals surface area contributed by atoms with Gasteiger partial charge in [0.25, 0.3) is 5.91 Å². The van der Waals surface area contributed by atoms with Crippen LogP contribution in [0.4, 0.5) is 23.2 Å². The number of hydrogen-bond donors (Lipinski definition) is 2. The number of amides is 1. The van der Waals surface area contributed by atoms with Gasteiger partial charge in [0.2, 0.25) is 0 Å². The summed E-state index contributed by atoms with van der Waals surface area (Å²) in [6, 6.07) is 12.6. The minimum Gasteiger partial charge on any atom is -0.493 e. The number of benzene rings is 2. The van der Waals surface area contributed by atoms with E-state index in [0.29, 0.717) is 17.9 Å². The van der Waals surface area contributed by atoms with Crippen molar-refractivity contribution in [2.75, 3.05) is 11.9 Å². The van der Waals surface area contributed by atoms with E-state index in [9.17, 15) is 22.4 Å². The third-order valence-electron chi connectivity index (χ3n) is 4.81. The van der Waals surface area contributed by atoms with Gasteiger partial charge in [0, 0.05) is 29.7 Å². The van der Waals surface area contributed by atoms with Crippen LogP contribution in [0.3, 0.4) is 0 Å². The van der Waals surface area contributed by atoms with Crippen LogP contribution in [-0.4, -0.2) is 22.5 Å². The molecule has 0 aliphatic heterocycles. The summed E-state index contributed by atoms with van der Waals surface area (Å²) in [7, 11) is 0. The molecule has 0 aliphatic carbocycles. The number of alkyl halides is 3. The Bertz CT molecular complexity index is 1250. The average Bonchev–Trinajstić information content (AvgIpc) is 3.16. The summed E-state index contributed by atoms with van der Waals surface area (Å²) in [5.41, 5.74) is 1.10. The van der Waals surface area contributed by atoms with Crippen LogP contribution >= 0.6 is 0 Å². The highest BCUT2D eigenvalue weighted by molar-refractivity contribution is 6.08. The quantitative estimate of drug-likeness (QED) is 0.382. The molecule has 5 nitrogen and oxygen atoms in total. The zero-order valence-corrected chi connectivity index (χ0v) is 16.5. The number of rotatable bonds is 6. The molecule has 0 aliphatic rings. The Morgan fingerprint density at radius 1 is 1.09 bits per heavy atom. The molecule has 0 saturated carbocycles. The summed E-state index contributed by atoms with van der Waals surface area (Å²) in [6.45, 7) is 0.252. The van der Waals surface area contributed by atoms with Crippen molar-refractivity contribution in [2.45, 2.75) is 12.6 Å². The molecule has 32 heavy (non-hydrogen) atoms. The van der Waals surface area contributed by atoms with Crippen molar-refractivity contribution in [3.63, 3.8) is 0 Å². The van der Waals surface area contributed by atoms with Gasteiger partial charge < -0.3 is 15.0 Å². The smallest absolute Gasteiger partial charge is 0.416 e. The van der Waals surface area contributed by atoms with Crippen LogP contribution in [-0.2, 0) is 12.6 Å². The van der Waals surface area contributed by atoms with Crippen LogP contribution in [0.15, 0.2) is 67.0 Å². The molecular formula is C23H17F4N3O2. The molecule has 9 heteroatoms. The third-order valence-corrected chi connectivity index (χ3v) is 4.81. The number of H-pyrrole nitrogens is 1. The van der Waals surface area contributed by atoms with Crippen molar-refractivity contribution in [1.29, 1.82) is 0 Å². The Hall–Kier alpha value is -3.88. The lowest BCUT2D eigenvalue weighted by Gasteiger charge is -2.09. The maximum Gasteiger partial charge on any atom is 0.416 e. The number of anilines is 1. The van der Waals surface area contributed by atoms with Gasteiger partial charge in [-0.25, -0.2) is 9.37 Å². The van der Waals surface area contributed by atoms with Crippen LogP contribution < -0.4 is 10.1 Å². The predicted octanol–water partition coefficient (Wildman–Crippen LogP) is 5.59. The normalized spacial score (nSPS) is 11.5. The number of hydrogen-bond acceptors (Lipinski definition) is 3. The number of aromatic nitrogens is 2. The summed E-state index contributed by atoms with van der Waals surface area (Å²) >= 11 is 0. The Balaban J connectivity index is 1.42. The topological polar surface area (TPSA) is 67.0 Å². The molecule has 0 fully saturated rings. The first-order valence-electron chi connectivity index (χ1n) is 9.63. The molecule has 2 aromatic carbocycles. The summed E-state index contributed by atoms with van der Waals surface area (Å²) < 4.78 is 57.2. The standard InChI is InChI=1S/C23H17F4N3O2/c24-18-2-1-10-28-21(18)22(31)30-20-13-29-19-8-3-14(12-17(19)20)9-11-32-16-6-4-15(5-7-16)23(25,26)27/h1-8,10,12-13,29H,9,11H2,(H,30,31). The van der Waals surface area contributed by atoms with E-state index in [1.54, 1.807) is 6.20 Å². The monoisotopic (exact) mass is 443 g/mol. The van der Waals surface area contributed by atoms with E-state index in [1.807, 2.05) is 18.2 Å².